The van der Waals surface area contributed by atoms with E-state index >= 15 is 0 Å². The molecular formula is C9H19BrO. The molecule has 0 fully saturated rings. The van der Waals surface area contributed by atoms with Crippen LogP contribution in [0.5, 0.6) is 0 Å². The molecule has 0 aliphatic heterocycles. The molecule has 0 aromatic carbocycles. The fourth-order valence-electron chi connectivity index (χ4n) is 1.30. The van der Waals surface area contributed by atoms with Crippen LogP contribution in [0.2, 0.25) is 0 Å². The number of aliphatic hydroxyl groups excluding tert-OH is 1. The van der Waals surface area contributed by atoms with Gasteiger partial charge < -0.3 is 5.11 Å². The predicted molar refractivity (Wildman–Crippen MR) is 53.1 cm³/mol. The summed E-state index contributed by atoms with van der Waals surface area (Å²) >= 11 is 3.43. The van der Waals surface area contributed by atoms with Crippen LogP contribution in [0.1, 0.15) is 33.6 Å². The van der Waals surface area contributed by atoms with Crippen molar-refractivity contribution in [1.82, 2.24) is 0 Å². The Bertz CT molecular complexity index is 90.2. The van der Waals surface area contributed by atoms with Crippen LogP contribution in [0.4, 0.5) is 0 Å². The van der Waals surface area contributed by atoms with E-state index in [9.17, 15) is 0 Å². The highest BCUT2D eigenvalue weighted by molar-refractivity contribution is 9.09. The standard InChI is InChI=1S/C9H19BrO/c1-9(2,3)8(4-6-10)5-7-11/h8,11H,4-7H2,1-3H3. The summed E-state index contributed by atoms with van der Waals surface area (Å²) in [5.74, 6) is 0.631. The Morgan fingerprint density at radius 3 is 2.09 bits per heavy atom. The van der Waals surface area contributed by atoms with E-state index in [1.807, 2.05) is 0 Å². The molecule has 0 bridgehead atoms. The van der Waals surface area contributed by atoms with Crippen molar-refractivity contribution in [2.24, 2.45) is 11.3 Å². The molecule has 68 valence electrons. The molecule has 11 heavy (non-hydrogen) atoms. The molecule has 0 aliphatic carbocycles. The maximum absolute atomic E-state index is 8.81. The van der Waals surface area contributed by atoms with Crippen LogP contribution >= 0.6 is 15.9 Å². The fourth-order valence-corrected chi connectivity index (χ4v) is 1.85. The average molecular weight is 223 g/mol. The molecule has 0 saturated heterocycles. The van der Waals surface area contributed by atoms with Crippen LogP contribution in [0.25, 0.3) is 0 Å². The predicted octanol–water partition coefficient (Wildman–Crippen LogP) is 2.82. The van der Waals surface area contributed by atoms with Gasteiger partial charge in [0.1, 0.15) is 0 Å². The van der Waals surface area contributed by atoms with Crippen LogP contribution in [0, 0.1) is 11.3 Å². The Kier molecular flexibility index (Phi) is 5.36. The van der Waals surface area contributed by atoms with Crippen molar-refractivity contribution in [2.75, 3.05) is 11.9 Å². The number of aliphatic hydroxyl groups is 1. The third-order valence-electron chi connectivity index (χ3n) is 2.16. The van der Waals surface area contributed by atoms with Crippen molar-refractivity contribution in [1.29, 1.82) is 0 Å². The van der Waals surface area contributed by atoms with Crippen LogP contribution in [-0.2, 0) is 0 Å². The molecular weight excluding hydrogens is 204 g/mol. The molecule has 0 aromatic heterocycles. The molecule has 0 heterocycles. The van der Waals surface area contributed by atoms with Crippen molar-refractivity contribution in [3.05, 3.63) is 0 Å². The third kappa shape index (κ3) is 4.81. The summed E-state index contributed by atoms with van der Waals surface area (Å²) in [6.45, 7) is 7.01. The Hall–Kier alpha value is 0.440. The fraction of sp³-hybridized carbons (Fsp3) is 1.00. The largest absolute Gasteiger partial charge is 0.396 e. The second-order valence-electron chi connectivity index (χ2n) is 4.05. The van der Waals surface area contributed by atoms with Crippen molar-refractivity contribution < 1.29 is 5.11 Å². The van der Waals surface area contributed by atoms with Gasteiger partial charge in [0.25, 0.3) is 0 Å². The van der Waals surface area contributed by atoms with Crippen molar-refractivity contribution >= 4 is 15.9 Å². The molecule has 1 N–H and O–H groups in total. The normalized spacial score (nSPS) is 15.0. The highest BCUT2D eigenvalue weighted by Gasteiger charge is 2.22. The molecule has 0 amide bonds. The Morgan fingerprint density at radius 1 is 1.27 bits per heavy atom. The zero-order chi connectivity index (χ0) is 8.91. The van der Waals surface area contributed by atoms with Gasteiger partial charge in [-0.15, -0.1) is 0 Å². The molecule has 0 aliphatic rings. The minimum atomic E-state index is 0.314. The van der Waals surface area contributed by atoms with Gasteiger partial charge in [0, 0.05) is 11.9 Å². The molecule has 0 aromatic rings. The van der Waals surface area contributed by atoms with E-state index in [-0.39, 0.29) is 0 Å². The van der Waals surface area contributed by atoms with Gasteiger partial charge in [-0.3, -0.25) is 0 Å². The quantitative estimate of drug-likeness (QED) is 0.726. The van der Waals surface area contributed by atoms with E-state index in [2.05, 4.69) is 36.7 Å². The number of halogens is 1. The molecule has 1 nitrogen and oxygen atoms in total. The lowest BCUT2D eigenvalue weighted by atomic mass is 9.77. The van der Waals surface area contributed by atoms with E-state index in [1.54, 1.807) is 0 Å². The highest BCUT2D eigenvalue weighted by Crippen LogP contribution is 2.31. The first-order valence-corrected chi connectivity index (χ1v) is 5.31. The lowest BCUT2D eigenvalue weighted by Crippen LogP contribution is -2.21. The summed E-state index contributed by atoms with van der Waals surface area (Å²) in [5.41, 5.74) is 0.330. The molecule has 0 spiro atoms. The second-order valence-corrected chi connectivity index (χ2v) is 4.85. The SMILES string of the molecule is CC(C)(C)C(CCO)CCBr. The summed E-state index contributed by atoms with van der Waals surface area (Å²) in [7, 11) is 0. The molecule has 0 radical (unpaired) electrons. The van der Waals surface area contributed by atoms with Crippen molar-refractivity contribution in [3.8, 4) is 0 Å². The zero-order valence-corrected chi connectivity index (χ0v) is 9.32. The van der Waals surface area contributed by atoms with Gasteiger partial charge in [0.2, 0.25) is 0 Å². The molecule has 1 atom stereocenters. The minimum Gasteiger partial charge on any atom is -0.396 e. The molecule has 1 unspecified atom stereocenters. The van der Waals surface area contributed by atoms with Gasteiger partial charge in [0.05, 0.1) is 0 Å². The van der Waals surface area contributed by atoms with E-state index in [4.69, 9.17) is 5.11 Å². The number of alkyl halides is 1. The summed E-state index contributed by atoms with van der Waals surface area (Å²) in [6, 6.07) is 0. The first-order valence-electron chi connectivity index (χ1n) is 4.19. The summed E-state index contributed by atoms with van der Waals surface area (Å²) < 4.78 is 0. The Morgan fingerprint density at radius 2 is 1.82 bits per heavy atom. The second kappa shape index (κ2) is 5.15. The van der Waals surface area contributed by atoms with Crippen LogP contribution in [0.3, 0.4) is 0 Å². The number of rotatable bonds is 4. The van der Waals surface area contributed by atoms with Gasteiger partial charge in [-0.05, 0) is 24.2 Å². The summed E-state index contributed by atoms with van der Waals surface area (Å²) in [4.78, 5) is 0. The first-order chi connectivity index (χ1) is 5.02. The Labute approximate surface area is 78.3 Å². The maximum atomic E-state index is 8.81. The van der Waals surface area contributed by atoms with Gasteiger partial charge >= 0.3 is 0 Å². The van der Waals surface area contributed by atoms with E-state index in [0.717, 1.165) is 18.2 Å². The van der Waals surface area contributed by atoms with E-state index < -0.39 is 0 Å². The number of hydrogen-bond donors (Lipinski definition) is 1. The van der Waals surface area contributed by atoms with E-state index in [0.29, 0.717) is 17.9 Å². The van der Waals surface area contributed by atoms with Crippen LogP contribution in [0.15, 0.2) is 0 Å². The molecule has 0 saturated carbocycles. The van der Waals surface area contributed by atoms with Gasteiger partial charge in [0.15, 0.2) is 0 Å². The molecule has 2 heteroatoms. The average Bonchev–Trinajstić information content (AvgIpc) is 1.85. The monoisotopic (exact) mass is 222 g/mol. The zero-order valence-electron chi connectivity index (χ0n) is 7.73. The van der Waals surface area contributed by atoms with Gasteiger partial charge in [-0.25, -0.2) is 0 Å². The van der Waals surface area contributed by atoms with Crippen molar-refractivity contribution in [2.45, 2.75) is 33.6 Å². The van der Waals surface area contributed by atoms with E-state index in [1.165, 1.54) is 0 Å². The van der Waals surface area contributed by atoms with Gasteiger partial charge in [-0.2, -0.15) is 0 Å². The maximum Gasteiger partial charge on any atom is 0.0433 e. The molecule has 0 rings (SSSR count). The first kappa shape index (κ1) is 11.4. The van der Waals surface area contributed by atoms with Crippen molar-refractivity contribution in [3.63, 3.8) is 0 Å². The lowest BCUT2D eigenvalue weighted by Gasteiger charge is -2.29. The summed E-state index contributed by atoms with van der Waals surface area (Å²) in [5, 5.41) is 9.85. The Balaban J connectivity index is 3.88. The number of hydrogen-bond acceptors (Lipinski definition) is 1. The highest BCUT2D eigenvalue weighted by atomic mass is 79.9. The van der Waals surface area contributed by atoms with Crippen LogP contribution in [-0.4, -0.2) is 17.0 Å². The topological polar surface area (TPSA) is 20.2 Å². The van der Waals surface area contributed by atoms with Gasteiger partial charge in [-0.1, -0.05) is 36.7 Å². The minimum absolute atomic E-state index is 0.314. The van der Waals surface area contributed by atoms with Crippen LogP contribution < -0.4 is 0 Å². The lowest BCUT2D eigenvalue weighted by molar-refractivity contribution is 0.171. The smallest absolute Gasteiger partial charge is 0.0433 e. The summed E-state index contributed by atoms with van der Waals surface area (Å²) in [6.07, 6.45) is 2.08. The third-order valence-corrected chi connectivity index (χ3v) is 2.62.